The average Bonchev–Trinajstić information content (AvgIpc) is 3.98. The molecule has 0 unspecified atom stereocenters. The molecule has 288 valence electrons. The fourth-order valence-corrected chi connectivity index (χ4v) is 10.3. The Hall–Kier alpha value is -8.21. The van der Waals surface area contributed by atoms with Crippen LogP contribution in [-0.2, 0) is 5.41 Å². The molecule has 2 aliphatic rings. The van der Waals surface area contributed by atoms with Crippen LogP contribution in [0, 0.1) is 0 Å². The summed E-state index contributed by atoms with van der Waals surface area (Å²) in [5, 5.41) is 2.23. The van der Waals surface area contributed by atoms with E-state index in [1.807, 2.05) is 48.5 Å². The molecule has 0 radical (unpaired) electrons. The summed E-state index contributed by atoms with van der Waals surface area (Å²) in [5.74, 6) is 1.88. The van der Waals surface area contributed by atoms with Gasteiger partial charge in [0.05, 0.1) is 5.41 Å². The minimum Gasteiger partial charge on any atom is -0.456 e. The van der Waals surface area contributed by atoms with E-state index >= 15 is 0 Å². The normalized spacial score (nSPS) is 13.0. The smallest absolute Gasteiger partial charge is 0.164 e. The SMILES string of the molecule is c1ccc(-c2nc(-c3ccc(-c4ccc5c(c4)C4(c6ccccc6-c6ccccc64)c4ccccc4-5)cc3)nc(-c3ccc(-c4cccc5oc6ccccc6c45)cc3)n2)cc1. The molecule has 0 bridgehead atoms. The fourth-order valence-electron chi connectivity index (χ4n) is 10.3. The Balaban J connectivity index is 0.893. The largest absolute Gasteiger partial charge is 0.456 e. The topological polar surface area (TPSA) is 51.8 Å². The maximum atomic E-state index is 6.20. The minimum atomic E-state index is -0.386. The molecule has 0 fully saturated rings. The summed E-state index contributed by atoms with van der Waals surface area (Å²) < 4.78 is 6.20. The van der Waals surface area contributed by atoms with Crippen molar-refractivity contribution in [3.63, 3.8) is 0 Å². The van der Waals surface area contributed by atoms with Crippen LogP contribution in [0.5, 0.6) is 0 Å². The molecule has 2 aliphatic carbocycles. The second-order valence-corrected chi connectivity index (χ2v) is 16.3. The van der Waals surface area contributed by atoms with Crippen LogP contribution < -0.4 is 0 Å². The molecule has 2 aromatic heterocycles. The molecular formula is C58H35N3O. The second kappa shape index (κ2) is 13.4. The maximum absolute atomic E-state index is 6.20. The van der Waals surface area contributed by atoms with E-state index in [1.165, 1.54) is 50.1 Å². The van der Waals surface area contributed by atoms with Gasteiger partial charge in [-0.25, -0.2) is 15.0 Å². The standard InChI is InChI=1S/C58H35N3O/c1-2-13-38(14-3-1)55-59-56(61-57(60-55)40-31-27-37(28-32-40)42-19-12-24-53-54(42)47-18-7-11-23-52(47)62-53)39-29-25-36(26-30-39)41-33-34-46-45-17-6-10-22-50(45)58(51(46)35-41)48-20-8-4-15-43(48)44-16-5-9-21-49(44)58/h1-35H. The molecule has 0 saturated carbocycles. The molecule has 1 spiro atoms. The van der Waals surface area contributed by atoms with Gasteiger partial charge in [0.15, 0.2) is 17.5 Å². The Labute approximate surface area is 358 Å². The van der Waals surface area contributed by atoms with Crippen LogP contribution >= 0.6 is 0 Å². The maximum Gasteiger partial charge on any atom is 0.164 e. The van der Waals surface area contributed by atoms with Crippen molar-refractivity contribution in [2.24, 2.45) is 0 Å². The Bertz CT molecular complexity index is 3500. The third-order valence-corrected chi connectivity index (χ3v) is 13.0. The highest BCUT2D eigenvalue weighted by molar-refractivity contribution is 6.12. The number of hydrogen-bond acceptors (Lipinski definition) is 4. The number of nitrogens with zero attached hydrogens (tertiary/aromatic N) is 3. The Morgan fingerprint density at radius 2 is 0.726 bits per heavy atom. The van der Waals surface area contributed by atoms with E-state index in [0.717, 1.165) is 55.3 Å². The highest BCUT2D eigenvalue weighted by Crippen LogP contribution is 2.63. The Morgan fingerprint density at radius 3 is 1.34 bits per heavy atom. The van der Waals surface area contributed by atoms with Crippen LogP contribution in [0.15, 0.2) is 217 Å². The number of benzene rings is 9. The van der Waals surface area contributed by atoms with Gasteiger partial charge < -0.3 is 4.42 Å². The van der Waals surface area contributed by atoms with Crippen LogP contribution in [-0.4, -0.2) is 15.0 Å². The first-order valence-corrected chi connectivity index (χ1v) is 21.1. The first-order chi connectivity index (χ1) is 30.7. The van der Waals surface area contributed by atoms with Crippen molar-refractivity contribution in [2.75, 3.05) is 0 Å². The summed E-state index contributed by atoms with van der Waals surface area (Å²) in [6.07, 6.45) is 0. The van der Waals surface area contributed by atoms with Crippen LogP contribution in [0.25, 0.3) is 101 Å². The van der Waals surface area contributed by atoms with E-state index in [0.29, 0.717) is 17.5 Å². The number of rotatable bonds is 5. The molecule has 4 nitrogen and oxygen atoms in total. The minimum absolute atomic E-state index is 0.386. The summed E-state index contributed by atoms with van der Waals surface area (Å²) in [6.45, 7) is 0. The van der Waals surface area contributed by atoms with Crippen LogP contribution in [0.2, 0.25) is 0 Å². The van der Waals surface area contributed by atoms with Gasteiger partial charge in [0.25, 0.3) is 0 Å². The molecule has 0 N–H and O–H groups in total. The van der Waals surface area contributed by atoms with Crippen molar-refractivity contribution in [1.29, 1.82) is 0 Å². The molecule has 13 rings (SSSR count). The highest BCUT2D eigenvalue weighted by atomic mass is 16.3. The molecule has 2 heterocycles. The summed E-state index contributed by atoms with van der Waals surface area (Å²) in [5.41, 5.74) is 19.3. The summed E-state index contributed by atoms with van der Waals surface area (Å²) in [4.78, 5) is 15.2. The number of furan rings is 1. The molecule has 9 aromatic carbocycles. The van der Waals surface area contributed by atoms with Crippen molar-refractivity contribution in [2.45, 2.75) is 5.41 Å². The van der Waals surface area contributed by atoms with Crippen molar-refractivity contribution < 1.29 is 4.42 Å². The summed E-state index contributed by atoms with van der Waals surface area (Å²) in [7, 11) is 0. The zero-order valence-electron chi connectivity index (χ0n) is 33.5. The quantitative estimate of drug-likeness (QED) is 0.174. The van der Waals surface area contributed by atoms with E-state index < -0.39 is 0 Å². The number of fused-ring (bicyclic) bond motifs is 13. The average molecular weight is 790 g/mol. The number of hydrogen-bond donors (Lipinski definition) is 0. The van der Waals surface area contributed by atoms with E-state index in [4.69, 9.17) is 19.4 Å². The van der Waals surface area contributed by atoms with E-state index in [-0.39, 0.29) is 5.41 Å². The van der Waals surface area contributed by atoms with E-state index in [1.54, 1.807) is 0 Å². The lowest BCUT2D eigenvalue weighted by Gasteiger charge is -2.30. The van der Waals surface area contributed by atoms with Gasteiger partial charge in [-0.3, -0.25) is 0 Å². The van der Waals surface area contributed by atoms with Crippen LogP contribution in [0.3, 0.4) is 0 Å². The van der Waals surface area contributed by atoms with E-state index in [2.05, 4.69) is 164 Å². The van der Waals surface area contributed by atoms with Crippen LogP contribution in [0.4, 0.5) is 0 Å². The van der Waals surface area contributed by atoms with Crippen molar-refractivity contribution in [3.05, 3.63) is 235 Å². The van der Waals surface area contributed by atoms with Gasteiger partial charge in [-0.1, -0.05) is 194 Å². The zero-order valence-corrected chi connectivity index (χ0v) is 33.5. The van der Waals surface area contributed by atoms with Crippen molar-refractivity contribution in [3.8, 4) is 78.7 Å². The van der Waals surface area contributed by atoms with Gasteiger partial charge in [-0.2, -0.15) is 0 Å². The Morgan fingerprint density at radius 1 is 0.290 bits per heavy atom. The van der Waals surface area contributed by atoms with Crippen molar-refractivity contribution in [1.82, 2.24) is 15.0 Å². The van der Waals surface area contributed by atoms with Gasteiger partial charge in [0, 0.05) is 27.5 Å². The van der Waals surface area contributed by atoms with Gasteiger partial charge in [0.2, 0.25) is 0 Å². The lowest BCUT2D eigenvalue weighted by atomic mass is 9.70. The van der Waals surface area contributed by atoms with Crippen molar-refractivity contribution >= 4 is 21.9 Å². The third-order valence-electron chi connectivity index (χ3n) is 13.0. The second-order valence-electron chi connectivity index (χ2n) is 16.3. The molecule has 0 atom stereocenters. The Kier molecular flexibility index (Phi) is 7.49. The zero-order chi connectivity index (χ0) is 40.8. The molecule has 11 aromatic rings. The number of aromatic nitrogens is 3. The van der Waals surface area contributed by atoms with Gasteiger partial charge >= 0.3 is 0 Å². The number of para-hydroxylation sites is 1. The lowest BCUT2D eigenvalue weighted by molar-refractivity contribution is 0.669. The third kappa shape index (κ3) is 5.04. The molecule has 0 aliphatic heterocycles. The van der Waals surface area contributed by atoms with Gasteiger partial charge in [0.1, 0.15) is 11.2 Å². The first kappa shape index (κ1) is 34.6. The molecule has 62 heavy (non-hydrogen) atoms. The predicted octanol–water partition coefficient (Wildman–Crippen LogP) is 14.4. The molecule has 0 amide bonds. The molecule has 4 heteroatoms. The lowest BCUT2D eigenvalue weighted by Crippen LogP contribution is -2.25. The monoisotopic (exact) mass is 789 g/mol. The molecule has 0 saturated heterocycles. The fraction of sp³-hybridized carbons (Fsp3) is 0.0172. The molecular weight excluding hydrogens is 755 g/mol. The predicted molar refractivity (Wildman–Crippen MR) is 251 cm³/mol. The highest BCUT2D eigenvalue weighted by Gasteiger charge is 2.51. The summed E-state index contributed by atoms with van der Waals surface area (Å²) >= 11 is 0. The van der Waals surface area contributed by atoms with Crippen LogP contribution in [0.1, 0.15) is 22.3 Å². The van der Waals surface area contributed by atoms with Gasteiger partial charge in [-0.15, -0.1) is 0 Å². The first-order valence-electron chi connectivity index (χ1n) is 21.1. The summed E-state index contributed by atoms with van der Waals surface area (Å²) in [6, 6.07) is 75.7. The van der Waals surface area contributed by atoms with Gasteiger partial charge in [-0.05, 0) is 85.0 Å². The van der Waals surface area contributed by atoms with E-state index in [9.17, 15) is 0 Å².